The summed E-state index contributed by atoms with van der Waals surface area (Å²) in [5.41, 5.74) is -1.19. The van der Waals surface area contributed by atoms with Gasteiger partial charge >= 0.3 is 12.1 Å². The average molecular weight is 395 g/mol. The highest BCUT2D eigenvalue weighted by Gasteiger charge is 2.82. The van der Waals surface area contributed by atoms with E-state index in [2.05, 4.69) is 0 Å². The van der Waals surface area contributed by atoms with Crippen molar-refractivity contribution in [1.29, 1.82) is 0 Å². The van der Waals surface area contributed by atoms with E-state index in [0.29, 0.717) is 18.7 Å². The topological polar surface area (TPSA) is 66.8 Å². The maximum atomic E-state index is 14.0. The van der Waals surface area contributed by atoms with Crippen LogP contribution in [0.15, 0.2) is 24.3 Å². The molecule has 0 aromatic heterocycles. The van der Waals surface area contributed by atoms with Crippen LogP contribution in [0.2, 0.25) is 0 Å². The number of hydrogen-bond acceptors (Lipinski definition) is 3. The van der Waals surface area contributed by atoms with Crippen molar-refractivity contribution >= 4 is 12.1 Å². The third-order valence-electron chi connectivity index (χ3n) is 5.88. The van der Waals surface area contributed by atoms with Crippen LogP contribution in [0.1, 0.15) is 63.5 Å². The highest BCUT2D eigenvalue weighted by Crippen LogP contribution is 2.71. The Kier molecular flexibility index (Phi) is 4.92. The molecular weight excluding hydrogens is 368 g/mol. The second kappa shape index (κ2) is 6.71. The van der Waals surface area contributed by atoms with Gasteiger partial charge in [0.1, 0.15) is 11.0 Å². The Bertz CT molecular complexity index is 764. The number of rotatable bonds is 3. The van der Waals surface area contributed by atoms with Gasteiger partial charge in [-0.15, -0.1) is 0 Å². The standard InChI is InChI=1S/C21H27F2NO4/c1-19(2,3)28-18(27)24-11-9-14(10-12-24)13-5-7-15(8-6-13)16-20(4,17(25)26)21(16,22)23/h5-8,14,16H,9-12H2,1-4H3,(H,25,26). The first-order valence-corrected chi connectivity index (χ1v) is 9.57. The molecule has 7 heteroatoms. The Morgan fingerprint density at radius 2 is 1.61 bits per heavy atom. The molecule has 1 aromatic carbocycles. The van der Waals surface area contributed by atoms with E-state index in [0.717, 1.165) is 25.3 Å². The fourth-order valence-corrected chi connectivity index (χ4v) is 4.02. The summed E-state index contributed by atoms with van der Waals surface area (Å²) in [5, 5.41) is 9.16. The van der Waals surface area contributed by atoms with Crippen molar-refractivity contribution in [2.75, 3.05) is 13.1 Å². The van der Waals surface area contributed by atoms with Gasteiger partial charge in [0.2, 0.25) is 0 Å². The number of ether oxygens (including phenoxy) is 1. The van der Waals surface area contributed by atoms with E-state index in [4.69, 9.17) is 9.84 Å². The Balaban J connectivity index is 1.62. The lowest BCUT2D eigenvalue weighted by atomic mass is 9.88. The van der Waals surface area contributed by atoms with E-state index in [1.165, 1.54) is 0 Å². The van der Waals surface area contributed by atoms with Gasteiger partial charge in [0.15, 0.2) is 0 Å². The van der Waals surface area contributed by atoms with E-state index in [1.54, 1.807) is 29.2 Å². The normalized spacial score (nSPS) is 27.4. The molecule has 0 bridgehead atoms. The van der Waals surface area contributed by atoms with Gasteiger partial charge < -0.3 is 14.7 Å². The van der Waals surface area contributed by atoms with Gasteiger partial charge in [-0.1, -0.05) is 24.3 Å². The molecular formula is C21H27F2NO4. The Hall–Kier alpha value is -2.18. The summed E-state index contributed by atoms with van der Waals surface area (Å²) in [4.78, 5) is 25.1. The second-order valence-electron chi connectivity index (χ2n) is 8.97. The molecule has 1 aliphatic heterocycles. The zero-order valence-electron chi connectivity index (χ0n) is 16.7. The predicted molar refractivity (Wildman–Crippen MR) is 99.7 cm³/mol. The van der Waals surface area contributed by atoms with Crippen LogP contribution in [0.25, 0.3) is 0 Å². The zero-order valence-corrected chi connectivity index (χ0v) is 16.7. The lowest BCUT2D eigenvalue weighted by Crippen LogP contribution is -2.41. The van der Waals surface area contributed by atoms with Crippen molar-refractivity contribution < 1.29 is 28.2 Å². The van der Waals surface area contributed by atoms with Crippen molar-refractivity contribution in [3.8, 4) is 0 Å². The smallest absolute Gasteiger partial charge is 0.410 e. The monoisotopic (exact) mass is 395 g/mol. The van der Waals surface area contributed by atoms with Crippen LogP contribution in [0, 0.1) is 5.41 Å². The maximum Gasteiger partial charge on any atom is 0.410 e. The maximum absolute atomic E-state index is 14.0. The predicted octanol–water partition coefficient (Wildman–Crippen LogP) is 4.62. The van der Waals surface area contributed by atoms with Gasteiger partial charge in [0.25, 0.3) is 5.92 Å². The van der Waals surface area contributed by atoms with Gasteiger partial charge in [-0.25, -0.2) is 13.6 Å². The lowest BCUT2D eigenvalue weighted by Gasteiger charge is -2.33. The van der Waals surface area contributed by atoms with Crippen molar-refractivity contribution in [2.24, 2.45) is 5.41 Å². The number of likely N-dealkylation sites (tertiary alicyclic amines) is 1. The average Bonchev–Trinajstić information content (AvgIpc) is 3.07. The van der Waals surface area contributed by atoms with Gasteiger partial charge in [0, 0.05) is 13.1 Å². The highest BCUT2D eigenvalue weighted by atomic mass is 19.3. The van der Waals surface area contributed by atoms with Crippen LogP contribution in [0.5, 0.6) is 0 Å². The Labute approximate surface area is 163 Å². The highest BCUT2D eigenvalue weighted by molar-refractivity contribution is 5.83. The van der Waals surface area contributed by atoms with Gasteiger partial charge in [0.05, 0.1) is 5.92 Å². The molecule has 5 nitrogen and oxygen atoms in total. The van der Waals surface area contributed by atoms with Crippen molar-refractivity contribution in [3.63, 3.8) is 0 Å². The molecule has 2 fully saturated rings. The molecule has 1 heterocycles. The summed E-state index contributed by atoms with van der Waals surface area (Å²) in [5.74, 6) is -5.76. The molecule has 1 saturated carbocycles. The molecule has 28 heavy (non-hydrogen) atoms. The zero-order chi connectivity index (χ0) is 20.9. The molecule has 1 saturated heterocycles. The molecule has 1 N–H and O–H groups in total. The number of aliphatic carboxylic acids is 1. The van der Waals surface area contributed by atoms with Gasteiger partial charge in [-0.3, -0.25) is 4.79 Å². The van der Waals surface area contributed by atoms with Crippen molar-refractivity contribution in [1.82, 2.24) is 4.90 Å². The summed E-state index contributed by atoms with van der Waals surface area (Å²) < 4.78 is 33.5. The summed E-state index contributed by atoms with van der Waals surface area (Å²) in [6.07, 6.45) is 1.22. The van der Waals surface area contributed by atoms with E-state index in [-0.39, 0.29) is 12.0 Å². The minimum atomic E-state index is -3.24. The van der Waals surface area contributed by atoms with E-state index in [1.807, 2.05) is 20.8 Å². The summed E-state index contributed by atoms with van der Waals surface area (Å²) in [6, 6.07) is 6.84. The number of carboxylic acids is 1. The number of carbonyl (C=O) groups excluding carboxylic acids is 1. The molecule has 0 radical (unpaired) electrons. The number of alkyl halides is 2. The second-order valence-corrected chi connectivity index (χ2v) is 8.97. The quantitative estimate of drug-likeness (QED) is 0.811. The summed E-state index contributed by atoms with van der Waals surface area (Å²) >= 11 is 0. The molecule has 3 rings (SSSR count). The lowest BCUT2D eigenvalue weighted by molar-refractivity contribution is -0.146. The molecule has 154 valence electrons. The molecule has 2 atom stereocenters. The fraction of sp³-hybridized carbons (Fsp3) is 0.619. The summed E-state index contributed by atoms with van der Waals surface area (Å²) in [6.45, 7) is 7.76. The molecule has 1 aliphatic carbocycles. The Morgan fingerprint density at radius 3 is 2.04 bits per heavy atom. The number of hydrogen-bond donors (Lipinski definition) is 1. The largest absolute Gasteiger partial charge is 0.481 e. The summed E-state index contributed by atoms with van der Waals surface area (Å²) in [7, 11) is 0. The number of benzene rings is 1. The third kappa shape index (κ3) is 3.47. The van der Waals surface area contributed by atoms with Crippen molar-refractivity contribution in [2.45, 2.75) is 63.9 Å². The molecule has 2 aliphatic rings. The van der Waals surface area contributed by atoms with Crippen molar-refractivity contribution in [3.05, 3.63) is 35.4 Å². The molecule has 2 unspecified atom stereocenters. The Morgan fingerprint density at radius 1 is 1.11 bits per heavy atom. The van der Waals surface area contributed by atoms with E-state index in [9.17, 15) is 18.4 Å². The molecule has 0 spiro atoms. The minimum Gasteiger partial charge on any atom is -0.481 e. The number of carbonyl (C=O) groups is 2. The fourth-order valence-electron chi connectivity index (χ4n) is 4.02. The van der Waals surface area contributed by atoms with Crippen LogP contribution in [0.4, 0.5) is 13.6 Å². The van der Waals surface area contributed by atoms with Crippen LogP contribution in [0.3, 0.4) is 0 Å². The van der Waals surface area contributed by atoms with Crippen LogP contribution >= 0.6 is 0 Å². The third-order valence-corrected chi connectivity index (χ3v) is 5.88. The van der Waals surface area contributed by atoms with E-state index >= 15 is 0 Å². The molecule has 1 amide bonds. The number of halogens is 2. The SMILES string of the molecule is CC(C)(C)OC(=O)N1CCC(c2ccc(C3C(F)(F)C3(C)C(=O)O)cc2)CC1. The van der Waals surface area contributed by atoms with Gasteiger partial charge in [-0.05, 0) is 57.6 Å². The van der Waals surface area contributed by atoms with Crippen LogP contribution in [-0.2, 0) is 9.53 Å². The van der Waals surface area contributed by atoms with Gasteiger partial charge in [-0.2, -0.15) is 0 Å². The first-order chi connectivity index (χ1) is 12.9. The minimum absolute atomic E-state index is 0.235. The number of nitrogens with zero attached hydrogens (tertiary/aromatic N) is 1. The molecule has 1 aromatic rings. The number of piperidine rings is 1. The first kappa shape index (κ1) is 20.6. The van der Waals surface area contributed by atoms with Crippen LogP contribution in [-0.4, -0.2) is 46.7 Å². The van der Waals surface area contributed by atoms with Crippen LogP contribution < -0.4 is 0 Å². The number of amides is 1. The van der Waals surface area contributed by atoms with E-state index < -0.39 is 28.8 Å². The number of carboxylic acid groups (broad SMARTS) is 1. The first-order valence-electron chi connectivity index (χ1n) is 9.57.